The Kier molecular flexibility index (Phi) is 4.14. The summed E-state index contributed by atoms with van der Waals surface area (Å²) in [6.45, 7) is 7.44. The van der Waals surface area contributed by atoms with Crippen LogP contribution < -0.4 is 10.6 Å². The number of hydrogen-bond acceptors (Lipinski definition) is 3. The zero-order valence-electron chi connectivity index (χ0n) is 12.7. The van der Waals surface area contributed by atoms with Gasteiger partial charge in [0.2, 0.25) is 0 Å². The zero-order chi connectivity index (χ0) is 14.0. The molecule has 0 radical (unpaired) electrons. The van der Waals surface area contributed by atoms with Gasteiger partial charge in [-0.3, -0.25) is 0 Å². The maximum atomic E-state index is 5.87. The van der Waals surface area contributed by atoms with Crippen LogP contribution >= 0.6 is 0 Å². The lowest BCUT2D eigenvalue weighted by atomic mass is 9.88. The maximum absolute atomic E-state index is 5.87. The van der Waals surface area contributed by atoms with Gasteiger partial charge in [0.05, 0.1) is 0 Å². The first-order valence-corrected chi connectivity index (χ1v) is 7.33. The Bertz CT molecular complexity index is 405. The Balaban J connectivity index is 2.13. The molecule has 1 saturated carbocycles. The molecule has 2 unspecified atom stereocenters. The van der Waals surface area contributed by atoms with Crippen LogP contribution in [0.3, 0.4) is 0 Å². The summed E-state index contributed by atoms with van der Waals surface area (Å²) in [7, 11) is 2.15. The number of aromatic nitrogens is 1. The van der Waals surface area contributed by atoms with Crippen LogP contribution in [-0.2, 0) is 5.41 Å². The number of pyridine rings is 1. The molecule has 106 valence electrons. The molecule has 19 heavy (non-hydrogen) atoms. The van der Waals surface area contributed by atoms with Gasteiger partial charge in [-0.2, -0.15) is 0 Å². The third-order valence-electron chi connectivity index (χ3n) is 4.39. The Labute approximate surface area is 117 Å². The molecule has 0 bridgehead atoms. The molecule has 1 fully saturated rings. The summed E-state index contributed by atoms with van der Waals surface area (Å²) in [6.07, 6.45) is 5.79. The molecule has 0 spiro atoms. The fourth-order valence-corrected chi connectivity index (χ4v) is 3.01. The average Bonchev–Trinajstić information content (AvgIpc) is 2.85. The Hall–Kier alpha value is -1.09. The summed E-state index contributed by atoms with van der Waals surface area (Å²) >= 11 is 0. The van der Waals surface area contributed by atoms with Crippen molar-refractivity contribution in [2.75, 3.05) is 18.5 Å². The van der Waals surface area contributed by atoms with Gasteiger partial charge in [-0.05, 0) is 42.3 Å². The summed E-state index contributed by atoms with van der Waals surface area (Å²) in [5.74, 6) is 1.69. The van der Waals surface area contributed by atoms with Crippen LogP contribution in [0.15, 0.2) is 18.3 Å². The van der Waals surface area contributed by atoms with E-state index in [0.29, 0.717) is 12.0 Å². The predicted molar refractivity (Wildman–Crippen MR) is 81.5 cm³/mol. The van der Waals surface area contributed by atoms with Gasteiger partial charge in [0.15, 0.2) is 0 Å². The fourth-order valence-electron chi connectivity index (χ4n) is 3.01. The molecule has 2 N–H and O–H groups in total. The minimum Gasteiger partial charge on any atom is -0.356 e. The molecule has 1 aromatic heterocycles. The van der Waals surface area contributed by atoms with E-state index in [0.717, 1.165) is 12.4 Å². The largest absolute Gasteiger partial charge is 0.356 e. The van der Waals surface area contributed by atoms with Crippen LogP contribution in [0.1, 0.15) is 45.6 Å². The Morgan fingerprint density at radius 2 is 2.05 bits per heavy atom. The van der Waals surface area contributed by atoms with Gasteiger partial charge in [0.1, 0.15) is 5.82 Å². The van der Waals surface area contributed by atoms with Crippen molar-refractivity contribution in [3.05, 3.63) is 23.9 Å². The second-order valence-corrected chi connectivity index (χ2v) is 6.76. The summed E-state index contributed by atoms with van der Waals surface area (Å²) < 4.78 is 0. The first-order valence-electron chi connectivity index (χ1n) is 7.33. The molecule has 1 aromatic rings. The highest BCUT2D eigenvalue weighted by Crippen LogP contribution is 2.31. The predicted octanol–water partition coefficient (Wildman–Crippen LogP) is 2.94. The molecule has 1 aliphatic carbocycles. The highest BCUT2D eigenvalue weighted by atomic mass is 15.2. The van der Waals surface area contributed by atoms with E-state index in [1.807, 2.05) is 6.20 Å². The van der Waals surface area contributed by atoms with E-state index in [-0.39, 0.29) is 5.41 Å². The average molecular weight is 261 g/mol. The van der Waals surface area contributed by atoms with E-state index < -0.39 is 0 Å². The first-order chi connectivity index (χ1) is 8.93. The Morgan fingerprint density at radius 1 is 1.32 bits per heavy atom. The summed E-state index contributed by atoms with van der Waals surface area (Å²) in [5.41, 5.74) is 7.32. The van der Waals surface area contributed by atoms with Crippen molar-refractivity contribution in [2.24, 2.45) is 11.7 Å². The molecule has 0 saturated heterocycles. The topological polar surface area (TPSA) is 42.2 Å². The van der Waals surface area contributed by atoms with Crippen LogP contribution in [-0.4, -0.2) is 24.6 Å². The van der Waals surface area contributed by atoms with E-state index in [2.05, 4.69) is 49.8 Å². The monoisotopic (exact) mass is 261 g/mol. The van der Waals surface area contributed by atoms with Crippen LogP contribution in [0.5, 0.6) is 0 Å². The SMILES string of the molecule is CN(c1ccc(C(C)(C)C)cn1)C1CCCC1CN. The molecule has 2 rings (SSSR count). The number of rotatable bonds is 3. The van der Waals surface area contributed by atoms with Gasteiger partial charge in [-0.15, -0.1) is 0 Å². The minimum atomic E-state index is 0.164. The first kappa shape index (κ1) is 14.3. The molecule has 0 aliphatic heterocycles. The van der Waals surface area contributed by atoms with Gasteiger partial charge in [0.25, 0.3) is 0 Å². The fraction of sp³-hybridized carbons (Fsp3) is 0.688. The maximum Gasteiger partial charge on any atom is 0.128 e. The quantitative estimate of drug-likeness (QED) is 0.909. The number of hydrogen-bond donors (Lipinski definition) is 1. The highest BCUT2D eigenvalue weighted by Gasteiger charge is 2.30. The lowest BCUT2D eigenvalue weighted by Gasteiger charge is -2.30. The molecule has 3 nitrogen and oxygen atoms in total. The van der Waals surface area contributed by atoms with Gasteiger partial charge in [-0.1, -0.05) is 33.3 Å². The summed E-state index contributed by atoms with van der Waals surface area (Å²) in [4.78, 5) is 6.96. The van der Waals surface area contributed by atoms with Gasteiger partial charge < -0.3 is 10.6 Å². The van der Waals surface area contributed by atoms with E-state index in [9.17, 15) is 0 Å². The highest BCUT2D eigenvalue weighted by molar-refractivity contribution is 5.41. The molecular formula is C16H27N3. The second-order valence-electron chi connectivity index (χ2n) is 6.76. The molecule has 3 heteroatoms. The number of nitrogens with two attached hydrogens (primary N) is 1. The molecule has 0 amide bonds. The minimum absolute atomic E-state index is 0.164. The number of nitrogens with zero attached hydrogens (tertiary/aromatic N) is 2. The van der Waals surface area contributed by atoms with Crippen LogP contribution in [0.2, 0.25) is 0 Å². The third-order valence-corrected chi connectivity index (χ3v) is 4.39. The molecule has 1 heterocycles. The number of anilines is 1. The van der Waals surface area contributed by atoms with Crippen molar-refractivity contribution in [1.29, 1.82) is 0 Å². The van der Waals surface area contributed by atoms with Crippen molar-refractivity contribution in [1.82, 2.24) is 4.98 Å². The van der Waals surface area contributed by atoms with Crippen molar-refractivity contribution >= 4 is 5.82 Å². The standard InChI is InChI=1S/C16H27N3/c1-16(2,3)13-8-9-15(18-11-13)19(4)14-7-5-6-12(14)10-17/h8-9,11-12,14H,5-7,10,17H2,1-4H3. The van der Waals surface area contributed by atoms with Crippen molar-refractivity contribution in [2.45, 2.75) is 51.5 Å². The second kappa shape index (κ2) is 5.49. The van der Waals surface area contributed by atoms with E-state index in [4.69, 9.17) is 5.73 Å². The van der Waals surface area contributed by atoms with Crippen LogP contribution in [0.25, 0.3) is 0 Å². The third kappa shape index (κ3) is 3.08. The molecule has 2 atom stereocenters. The normalized spacial score (nSPS) is 23.6. The lowest BCUT2D eigenvalue weighted by Crippen LogP contribution is -2.38. The Morgan fingerprint density at radius 3 is 2.58 bits per heavy atom. The van der Waals surface area contributed by atoms with E-state index >= 15 is 0 Å². The smallest absolute Gasteiger partial charge is 0.128 e. The van der Waals surface area contributed by atoms with Crippen molar-refractivity contribution < 1.29 is 0 Å². The van der Waals surface area contributed by atoms with Crippen molar-refractivity contribution in [3.63, 3.8) is 0 Å². The lowest BCUT2D eigenvalue weighted by molar-refractivity contribution is 0.472. The van der Waals surface area contributed by atoms with Gasteiger partial charge in [0, 0.05) is 19.3 Å². The molecular weight excluding hydrogens is 234 g/mol. The van der Waals surface area contributed by atoms with E-state index in [1.54, 1.807) is 0 Å². The molecule has 0 aromatic carbocycles. The van der Waals surface area contributed by atoms with E-state index in [1.165, 1.54) is 24.8 Å². The van der Waals surface area contributed by atoms with Crippen molar-refractivity contribution in [3.8, 4) is 0 Å². The van der Waals surface area contributed by atoms with Gasteiger partial charge in [-0.25, -0.2) is 4.98 Å². The summed E-state index contributed by atoms with van der Waals surface area (Å²) in [6, 6.07) is 4.90. The van der Waals surface area contributed by atoms with Crippen LogP contribution in [0, 0.1) is 5.92 Å². The van der Waals surface area contributed by atoms with Gasteiger partial charge >= 0.3 is 0 Å². The molecule has 1 aliphatic rings. The van der Waals surface area contributed by atoms with Crippen LogP contribution in [0.4, 0.5) is 5.82 Å². The summed E-state index contributed by atoms with van der Waals surface area (Å²) in [5, 5.41) is 0. The zero-order valence-corrected chi connectivity index (χ0v) is 12.7.